The van der Waals surface area contributed by atoms with Crippen LogP contribution in [0.1, 0.15) is 23.7 Å². The number of hydrogen-bond donors (Lipinski definition) is 0. The van der Waals surface area contributed by atoms with Crippen LogP contribution >= 0.6 is 0 Å². The molecule has 1 fully saturated rings. The second-order valence-electron chi connectivity index (χ2n) is 5.46. The van der Waals surface area contributed by atoms with Gasteiger partial charge in [-0.25, -0.2) is 0 Å². The minimum atomic E-state index is 0.0495. The molecule has 1 aromatic rings. The Labute approximate surface area is 125 Å². The molecule has 1 saturated heterocycles. The van der Waals surface area contributed by atoms with E-state index in [0.29, 0.717) is 30.3 Å². The summed E-state index contributed by atoms with van der Waals surface area (Å²) in [6.07, 6.45) is 1.16. The summed E-state index contributed by atoms with van der Waals surface area (Å²) in [5, 5.41) is 0. The second-order valence-corrected chi connectivity index (χ2v) is 5.46. The van der Waals surface area contributed by atoms with Crippen LogP contribution in [0.5, 0.6) is 11.5 Å². The summed E-state index contributed by atoms with van der Waals surface area (Å²) >= 11 is 0. The molecule has 0 saturated carbocycles. The Hall–Kier alpha value is -1.75. The van der Waals surface area contributed by atoms with Gasteiger partial charge in [-0.15, -0.1) is 0 Å². The van der Waals surface area contributed by atoms with Gasteiger partial charge >= 0.3 is 0 Å². The van der Waals surface area contributed by atoms with Crippen LogP contribution in [-0.4, -0.2) is 61.6 Å². The fourth-order valence-corrected chi connectivity index (χ4v) is 2.90. The van der Waals surface area contributed by atoms with Crippen molar-refractivity contribution in [3.05, 3.63) is 23.8 Å². The van der Waals surface area contributed by atoms with Gasteiger partial charge < -0.3 is 14.4 Å². The zero-order valence-corrected chi connectivity index (χ0v) is 12.5. The van der Waals surface area contributed by atoms with E-state index in [1.807, 2.05) is 23.1 Å². The first-order valence-corrected chi connectivity index (χ1v) is 7.70. The Bertz CT molecular complexity index is 510. The molecule has 0 atom stereocenters. The Morgan fingerprint density at radius 1 is 1.14 bits per heavy atom. The van der Waals surface area contributed by atoms with Gasteiger partial charge in [0.05, 0.1) is 5.56 Å². The van der Waals surface area contributed by atoms with E-state index in [1.165, 1.54) is 0 Å². The van der Waals surface area contributed by atoms with Crippen molar-refractivity contribution < 1.29 is 14.3 Å². The highest BCUT2D eigenvalue weighted by Crippen LogP contribution is 2.34. The highest BCUT2D eigenvalue weighted by Gasteiger charge is 2.26. The predicted octanol–water partition coefficient (Wildman–Crippen LogP) is 1.63. The SMILES string of the molecule is CCCN1CCN(C(=O)c2cccc3c2OCCO3)CC1. The fraction of sp³-hybridized carbons (Fsp3) is 0.562. The summed E-state index contributed by atoms with van der Waals surface area (Å²) in [6.45, 7) is 7.80. The van der Waals surface area contributed by atoms with E-state index >= 15 is 0 Å². The van der Waals surface area contributed by atoms with Crippen LogP contribution in [0.15, 0.2) is 18.2 Å². The minimum Gasteiger partial charge on any atom is -0.486 e. The molecule has 1 amide bonds. The number of carbonyl (C=O) groups excluding carboxylic acids is 1. The number of carbonyl (C=O) groups is 1. The van der Waals surface area contributed by atoms with Crippen molar-refractivity contribution >= 4 is 5.91 Å². The number of ether oxygens (including phenoxy) is 2. The molecule has 21 heavy (non-hydrogen) atoms. The minimum absolute atomic E-state index is 0.0495. The Balaban J connectivity index is 1.72. The first-order chi connectivity index (χ1) is 10.3. The molecule has 5 nitrogen and oxygen atoms in total. The van der Waals surface area contributed by atoms with Gasteiger partial charge in [-0.1, -0.05) is 13.0 Å². The maximum Gasteiger partial charge on any atom is 0.257 e. The fourth-order valence-electron chi connectivity index (χ4n) is 2.90. The zero-order chi connectivity index (χ0) is 14.7. The predicted molar refractivity (Wildman–Crippen MR) is 80.1 cm³/mol. The number of benzene rings is 1. The van der Waals surface area contributed by atoms with Gasteiger partial charge in [-0.05, 0) is 25.1 Å². The van der Waals surface area contributed by atoms with Crippen molar-refractivity contribution in [3.8, 4) is 11.5 Å². The average Bonchev–Trinajstić information content (AvgIpc) is 2.55. The van der Waals surface area contributed by atoms with E-state index in [0.717, 1.165) is 39.1 Å². The zero-order valence-electron chi connectivity index (χ0n) is 12.5. The topological polar surface area (TPSA) is 42.0 Å². The number of piperazine rings is 1. The van der Waals surface area contributed by atoms with E-state index in [2.05, 4.69) is 11.8 Å². The van der Waals surface area contributed by atoms with Crippen molar-refractivity contribution in [2.45, 2.75) is 13.3 Å². The molecule has 3 rings (SSSR count). The maximum absolute atomic E-state index is 12.7. The monoisotopic (exact) mass is 290 g/mol. The lowest BCUT2D eigenvalue weighted by Crippen LogP contribution is -2.48. The number of amides is 1. The van der Waals surface area contributed by atoms with Crippen molar-refractivity contribution in [1.29, 1.82) is 0 Å². The van der Waals surface area contributed by atoms with Crippen LogP contribution in [0.25, 0.3) is 0 Å². The van der Waals surface area contributed by atoms with Crippen LogP contribution in [0, 0.1) is 0 Å². The largest absolute Gasteiger partial charge is 0.486 e. The molecule has 0 spiro atoms. The van der Waals surface area contributed by atoms with Crippen molar-refractivity contribution in [2.24, 2.45) is 0 Å². The summed E-state index contributed by atoms with van der Waals surface area (Å²) in [7, 11) is 0. The smallest absolute Gasteiger partial charge is 0.257 e. The number of nitrogens with zero attached hydrogens (tertiary/aromatic N) is 2. The molecule has 5 heteroatoms. The third-order valence-corrected chi connectivity index (χ3v) is 4.00. The molecular weight excluding hydrogens is 268 g/mol. The van der Waals surface area contributed by atoms with Gasteiger partial charge in [0.25, 0.3) is 5.91 Å². The maximum atomic E-state index is 12.7. The van der Waals surface area contributed by atoms with Gasteiger partial charge in [0.2, 0.25) is 0 Å². The first kappa shape index (κ1) is 14.2. The summed E-state index contributed by atoms with van der Waals surface area (Å²) in [6, 6.07) is 5.53. The molecular formula is C16H22N2O3. The molecule has 0 unspecified atom stereocenters. The summed E-state index contributed by atoms with van der Waals surface area (Å²) in [5.41, 5.74) is 0.621. The van der Waals surface area contributed by atoms with E-state index in [4.69, 9.17) is 9.47 Å². The Morgan fingerprint density at radius 3 is 2.67 bits per heavy atom. The van der Waals surface area contributed by atoms with E-state index < -0.39 is 0 Å². The van der Waals surface area contributed by atoms with E-state index in [-0.39, 0.29) is 5.91 Å². The van der Waals surface area contributed by atoms with Crippen LogP contribution in [0.4, 0.5) is 0 Å². The normalized spacial score (nSPS) is 18.6. The average molecular weight is 290 g/mol. The van der Waals surface area contributed by atoms with Crippen LogP contribution in [0.3, 0.4) is 0 Å². The molecule has 0 radical (unpaired) electrons. The van der Waals surface area contributed by atoms with Gasteiger partial charge in [-0.2, -0.15) is 0 Å². The molecule has 2 aliphatic heterocycles. The molecule has 2 heterocycles. The van der Waals surface area contributed by atoms with Crippen molar-refractivity contribution in [2.75, 3.05) is 45.9 Å². The third-order valence-electron chi connectivity index (χ3n) is 4.00. The molecule has 2 aliphatic rings. The summed E-state index contributed by atoms with van der Waals surface area (Å²) in [4.78, 5) is 17.0. The molecule has 0 aliphatic carbocycles. The van der Waals surface area contributed by atoms with Crippen molar-refractivity contribution in [1.82, 2.24) is 9.80 Å². The summed E-state index contributed by atoms with van der Waals surface area (Å²) in [5.74, 6) is 1.33. The molecule has 0 N–H and O–H groups in total. The number of fused-ring (bicyclic) bond motifs is 1. The lowest BCUT2D eigenvalue weighted by Gasteiger charge is -2.35. The first-order valence-electron chi connectivity index (χ1n) is 7.70. The summed E-state index contributed by atoms with van der Waals surface area (Å²) < 4.78 is 11.2. The van der Waals surface area contributed by atoms with Crippen LogP contribution < -0.4 is 9.47 Å². The van der Waals surface area contributed by atoms with Gasteiger partial charge in [0, 0.05) is 26.2 Å². The molecule has 0 aromatic heterocycles. The van der Waals surface area contributed by atoms with Crippen molar-refractivity contribution in [3.63, 3.8) is 0 Å². The highest BCUT2D eigenvalue weighted by molar-refractivity contribution is 5.98. The number of hydrogen-bond acceptors (Lipinski definition) is 4. The lowest BCUT2D eigenvalue weighted by atomic mass is 10.1. The van der Waals surface area contributed by atoms with Crippen LogP contribution in [0.2, 0.25) is 0 Å². The van der Waals surface area contributed by atoms with E-state index in [1.54, 1.807) is 0 Å². The second kappa shape index (κ2) is 6.35. The van der Waals surface area contributed by atoms with Gasteiger partial charge in [0.1, 0.15) is 13.2 Å². The van der Waals surface area contributed by atoms with E-state index in [9.17, 15) is 4.79 Å². The number of para-hydroxylation sites is 1. The highest BCUT2D eigenvalue weighted by atomic mass is 16.6. The molecule has 1 aromatic carbocycles. The molecule has 0 bridgehead atoms. The lowest BCUT2D eigenvalue weighted by molar-refractivity contribution is 0.0628. The Morgan fingerprint density at radius 2 is 1.90 bits per heavy atom. The van der Waals surface area contributed by atoms with Crippen LogP contribution in [-0.2, 0) is 0 Å². The quantitative estimate of drug-likeness (QED) is 0.848. The van der Waals surface area contributed by atoms with Gasteiger partial charge in [0.15, 0.2) is 11.5 Å². The standard InChI is InChI=1S/C16H22N2O3/c1-2-6-17-7-9-18(10-8-17)16(19)13-4-3-5-14-15(13)21-12-11-20-14/h3-5H,2,6-12H2,1H3. The third kappa shape index (κ3) is 2.97. The number of rotatable bonds is 3. The Kier molecular flexibility index (Phi) is 4.29. The van der Waals surface area contributed by atoms with Gasteiger partial charge in [-0.3, -0.25) is 9.69 Å². The molecule has 114 valence electrons.